The Labute approximate surface area is 89.2 Å². The van der Waals surface area contributed by atoms with Crippen molar-refractivity contribution >= 4 is 11.8 Å². The van der Waals surface area contributed by atoms with Gasteiger partial charge in [0.15, 0.2) is 0 Å². The van der Waals surface area contributed by atoms with E-state index in [2.05, 4.69) is 10.6 Å². The van der Waals surface area contributed by atoms with E-state index in [1.165, 1.54) is 0 Å². The molecular weight excluding hydrogens is 196 g/mol. The first-order valence-corrected chi connectivity index (χ1v) is 5.39. The van der Waals surface area contributed by atoms with Gasteiger partial charge in [-0.05, 0) is 12.8 Å². The summed E-state index contributed by atoms with van der Waals surface area (Å²) in [6, 6.07) is 0. The van der Waals surface area contributed by atoms with Crippen LogP contribution in [0.15, 0.2) is 0 Å². The minimum atomic E-state index is -0.254. The van der Waals surface area contributed by atoms with Crippen molar-refractivity contribution in [1.82, 2.24) is 10.6 Å². The Bertz CT molecular complexity index is 225. The number of hydrogen-bond acceptors (Lipinski definition) is 3. The number of aliphatic hydroxyl groups excluding tert-OH is 1. The number of rotatable bonds is 5. The lowest BCUT2D eigenvalue weighted by molar-refractivity contribution is -0.128. The van der Waals surface area contributed by atoms with Gasteiger partial charge in [0.25, 0.3) is 0 Å². The van der Waals surface area contributed by atoms with Gasteiger partial charge in [-0.15, -0.1) is 0 Å². The van der Waals surface area contributed by atoms with Gasteiger partial charge in [-0.3, -0.25) is 9.59 Å². The van der Waals surface area contributed by atoms with E-state index in [4.69, 9.17) is 5.11 Å². The predicted molar refractivity (Wildman–Crippen MR) is 55.1 cm³/mol. The zero-order valence-electron chi connectivity index (χ0n) is 8.79. The molecule has 0 heterocycles. The third-order valence-corrected chi connectivity index (χ3v) is 2.58. The summed E-state index contributed by atoms with van der Waals surface area (Å²) in [5, 5.41) is 13.5. The molecule has 0 aromatic heterocycles. The highest BCUT2D eigenvalue weighted by Gasteiger charge is 2.22. The van der Waals surface area contributed by atoms with Crippen LogP contribution in [0, 0.1) is 5.92 Å². The van der Waals surface area contributed by atoms with Gasteiger partial charge in [-0.1, -0.05) is 12.8 Å². The molecule has 0 atom stereocenters. The van der Waals surface area contributed by atoms with Gasteiger partial charge in [0.2, 0.25) is 11.8 Å². The van der Waals surface area contributed by atoms with Crippen molar-refractivity contribution < 1.29 is 14.7 Å². The van der Waals surface area contributed by atoms with Gasteiger partial charge in [0.1, 0.15) is 0 Å². The number of carbonyl (C=O) groups is 2. The Morgan fingerprint density at radius 3 is 2.47 bits per heavy atom. The maximum Gasteiger partial charge on any atom is 0.239 e. The highest BCUT2D eigenvalue weighted by molar-refractivity contribution is 5.85. The van der Waals surface area contributed by atoms with Gasteiger partial charge in [-0.2, -0.15) is 0 Å². The average molecular weight is 214 g/mol. The Morgan fingerprint density at radius 1 is 1.20 bits per heavy atom. The van der Waals surface area contributed by atoms with Crippen LogP contribution in [0.1, 0.15) is 25.7 Å². The molecule has 1 aliphatic carbocycles. The molecule has 0 aromatic carbocycles. The van der Waals surface area contributed by atoms with Crippen molar-refractivity contribution in [2.24, 2.45) is 5.92 Å². The van der Waals surface area contributed by atoms with E-state index in [9.17, 15) is 9.59 Å². The molecule has 5 heteroatoms. The molecule has 0 saturated heterocycles. The number of hydrogen-bond donors (Lipinski definition) is 3. The summed E-state index contributed by atoms with van der Waals surface area (Å²) < 4.78 is 0. The molecule has 0 radical (unpaired) electrons. The SMILES string of the molecule is O=C(CNC(=O)C1CCCC1)NCCO. The zero-order valence-corrected chi connectivity index (χ0v) is 8.79. The van der Waals surface area contributed by atoms with E-state index in [0.29, 0.717) is 0 Å². The Balaban J connectivity index is 2.12. The first kappa shape index (κ1) is 12.0. The number of carbonyl (C=O) groups excluding carboxylic acids is 2. The van der Waals surface area contributed by atoms with Crippen LogP contribution in [0.25, 0.3) is 0 Å². The molecule has 86 valence electrons. The molecule has 1 aliphatic rings. The first-order valence-electron chi connectivity index (χ1n) is 5.39. The summed E-state index contributed by atoms with van der Waals surface area (Å²) in [4.78, 5) is 22.6. The van der Waals surface area contributed by atoms with Gasteiger partial charge < -0.3 is 15.7 Å². The second kappa shape index (κ2) is 6.40. The third-order valence-electron chi connectivity index (χ3n) is 2.58. The third kappa shape index (κ3) is 4.29. The van der Waals surface area contributed by atoms with Crippen molar-refractivity contribution in [3.63, 3.8) is 0 Å². The van der Waals surface area contributed by atoms with E-state index in [-0.39, 0.29) is 37.4 Å². The maximum absolute atomic E-state index is 11.5. The van der Waals surface area contributed by atoms with Crippen molar-refractivity contribution in [1.29, 1.82) is 0 Å². The molecule has 2 amide bonds. The summed E-state index contributed by atoms with van der Waals surface area (Å²) in [7, 11) is 0. The van der Waals surface area contributed by atoms with E-state index < -0.39 is 0 Å². The van der Waals surface area contributed by atoms with Crippen molar-refractivity contribution in [3.05, 3.63) is 0 Å². The van der Waals surface area contributed by atoms with Gasteiger partial charge in [0, 0.05) is 12.5 Å². The molecular formula is C10H18N2O3. The molecule has 1 fully saturated rings. The van der Waals surface area contributed by atoms with Crippen LogP contribution in [-0.4, -0.2) is 36.6 Å². The Hall–Kier alpha value is -1.10. The summed E-state index contributed by atoms with van der Waals surface area (Å²) in [6.45, 7) is 0.162. The Kier molecular flexibility index (Phi) is 5.10. The topological polar surface area (TPSA) is 78.4 Å². The van der Waals surface area contributed by atoms with Crippen LogP contribution in [0.5, 0.6) is 0 Å². The summed E-state index contributed by atoms with van der Waals surface area (Å²) in [5.74, 6) is -0.183. The van der Waals surface area contributed by atoms with E-state index >= 15 is 0 Å². The quantitative estimate of drug-likeness (QED) is 0.572. The van der Waals surface area contributed by atoms with Crippen molar-refractivity contribution in [3.8, 4) is 0 Å². The van der Waals surface area contributed by atoms with Crippen molar-refractivity contribution in [2.75, 3.05) is 19.7 Å². The van der Waals surface area contributed by atoms with E-state index in [0.717, 1.165) is 25.7 Å². The molecule has 0 aromatic rings. The lowest BCUT2D eigenvalue weighted by Crippen LogP contribution is -2.39. The zero-order chi connectivity index (χ0) is 11.1. The molecule has 1 saturated carbocycles. The van der Waals surface area contributed by atoms with Crippen molar-refractivity contribution in [2.45, 2.75) is 25.7 Å². The molecule has 3 N–H and O–H groups in total. The second-order valence-corrected chi connectivity index (χ2v) is 3.77. The number of amides is 2. The molecule has 15 heavy (non-hydrogen) atoms. The molecule has 0 spiro atoms. The van der Waals surface area contributed by atoms with E-state index in [1.54, 1.807) is 0 Å². The highest BCUT2D eigenvalue weighted by atomic mass is 16.3. The fraction of sp³-hybridized carbons (Fsp3) is 0.800. The van der Waals surface area contributed by atoms with Gasteiger partial charge >= 0.3 is 0 Å². The molecule has 0 bridgehead atoms. The lowest BCUT2D eigenvalue weighted by atomic mass is 10.1. The summed E-state index contributed by atoms with van der Waals surface area (Å²) in [5.41, 5.74) is 0. The molecule has 0 aliphatic heterocycles. The number of aliphatic hydroxyl groups is 1. The molecule has 5 nitrogen and oxygen atoms in total. The fourth-order valence-corrected chi connectivity index (χ4v) is 1.76. The first-order chi connectivity index (χ1) is 7.24. The predicted octanol–water partition coefficient (Wildman–Crippen LogP) is -0.599. The molecule has 1 rings (SSSR count). The maximum atomic E-state index is 11.5. The van der Waals surface area contributed by atoms with Gasteiger partial charge in [0.05, 0.1) is 13.2 Å². The van der Waals surface area contributed by atoms with Crippen LogP contribution >= 0.6 is 0 Å². The fourth-order valence-electron chi connectivity index (χ4n) is 1.76. The minimum Gasteiger partial charge on any atom is -0.395 e. The van der Waals surface area contributed by atoms with Gasteiger partial charge in [-0.25, -0.2) is 0 Å². The average Bonchev–Trinajstić information content (AvgIpc) is 2.76. The smallest absolute Gasteiger partial charge is 0.239 e. The summed E-state index contributed by atoms with van der Waals surface area (Å²) in [6.07, 6.45) is 4.08. The largest absolute Gasteiger partial charge is 0.395 e. The standard InChI is InChI=1S/C10H18N2O3/c13-6-5-11-9(14)7-12-10(15)8-3-1-2-4-8/h8,13H,1-7H2,(H,11,14)(H,12,15). The normalized spacial score (nSPS) is 16.3. The molecule has 0 unspecified atom stereocenters. The van der Waals surface area contributed by atoms with Crippen LogP contribution in [-0.2, 0) is 9.59 Å². The van der Waals surface area contributed by atoms with Crippen LogP contribution in [0.4, 0.5) is 0 Å². The van der Waals surface area contributed by atoms with E-state index in [1.807, 2.05) is 0 Å². The highest BCUT2D eigenvalue weighted by Crippen LogP contribution is 2.24. The van der Waals surface area contributed by atoms with Crippen LogP contribution < -0.4 is 10.6 Å². The lowest BCUT2D eigenvalue weighted by Gasteiger charge is -2.09. The number of nitrogens with one attached hydrogen (secondary N) is 2. The minimum absolute atomic E-state index is 0.00926. The van der Waals surface area contributed by atoms with Crippen LogP contribution in [0.2, 0.25) is 0 Å². The Morgan fingerprint density at radius 2 is 1.87 bits per heavy atom. The monoisotopic (exact) mass is 214 g/mol. The van der Waals surface area contributed by atoms with Crippen LogP contribution in [0.3, 0.4) is 0 Å². The summed E-state index contributed by atoms with van der Waals surface area (Å²) >= 11 is 0. The second-order valence-electron chi connectivity index (χ2n) is 3.77.